The minimum Gasteiger partial charge on any atom is -0.481 e. The zero-order chi connectivity index (χ0) is 15.5. The Balaban J connectivity index is 1.88. The van der Waals surface area contributed by atoms with E-state index in [0.717, 1.165) is 23.5 Å². The van der Waals surface area contributed by atoms with Crippen molar-refractivity contribution in [2.24, 2.45) is 5.92 Å². The molecule has 1 amide bonds. The number of thiophene rings is 1. The molecule has 4 nitrogen and oxygen atoms in total. The average molecular weight is 309 g/mol. The van der Waals surface area contributed by atoms with Crippen molar-refractivity contribution in [2.75, 3.05) is 6.61 Å². The molecule has 2 rings (SSSR count). The fourth-order valence-corrected chi connectivity index (χ4v) is 2.75. The highest BCUT2D eigenvalue weighted by molar-refractivity contribution is 7.12. The second-order valence-electron chi connectivity index (χ2n) is 6.27. The van der Waals surface area contributed by atoms with Crippen LogP contribution in [0.5, 0.6) is 5.06 Å². The Morgan fingerprint density at radius 2 is 2.29 bits per heavy atom. The molecule has 1 aromatic heterocycles. The first-order chi connectivity index (χ1) is 9.89. The average Bonchev–Trinajstić information content (AvgIpc) is 3.11. The highest BCUT2D eigenvalue weighted by atomic mass is 32.1. The predicted molar refractivity (Wildman–Crippen MR) is 85.8 cm³/mol. The molecular weight excluding hydrogens is 286 g/mol. The summed E-state index contributed by atoms with van der Waals surface area (Å²) in [6.45, 7) is 9.80. The maximum atomic E-state index is 11.9. The maximum absolute atomic E-state index is 11.9. The lowest BCUT2D eigenvalue weighted by Crippen LogP contribution is -2.43. The normalized spacial score (nSPS) is 16.1. The van der Waals surface area contributed by atoms with Gasteiger partial charge in [0, 0.05) is 5.56 Å². The van der Waals surface area contributed by atoms with Gasteiger partial charge in [0.15, 0.2) is 5.06 Å². The number of amides is 1. The van der Waals surface area contributed by atoms with Crippen LogP contribution in [0.2, 0.25) is 0 Å². The topological polar surface area (TPSA) is 47.6 Å². The number of carbonyl (C=O) groups excluding carboxylic acids is 1. The molecule has 0 spiro atoms. The van der Waals surface area contributed by atoms with Gasteiger partial charge in [0.05, 0.1) is 6.04 Å². The van der Waals surface area contributed by atoms with Crippen molar-refractivity contribution in [3.05, 3.63) is 23.6 Å². The summed E-state index contributed by atoms with van der Waals surface area (Å²) >= 11 is 1.54. The van der Waals surface area contributed by atoms with Gasteiger partial charge in [-0.15, -0.1) is 11.3 Å². The lowest BCUT2D eigenvalue weighted by atomic mass is 10.2. The van der Waals surface area contributed by atoms with Crippen molar-refractivity contribution in [3.8, 4) is 5.06 Å². The fraction of sp³-hybridized carbons (Fsp3) is 0.562. The largest absolute Gasteiger partial charge is 0.481 e. The fourth-order valence-electron chi connectivity index (χ4n) is 1.99. The SMILES string of the molecule is C=Cc1ccsc1OCC(NC(=O)OC(C)(C)C)C1CC1. The quantitative estimate of drug-likeness (QED) is 0.861. The Morgan fingerprint density at radius 3 is 2.86 bits per heavy atom. The van der Waals surface area contributed by atoms with Crippen molar-refractivity contribution in [1.82, 2.24) is 5.32 Å². The second-order valence-corrected chi connectivity index (χ2v) is 7.15. The van der Waals surface area contributed by atoms with Crippen molar-refractivity contribution < 1.29 is 14.3 Å². The molecule has 0 aromatic carbocycles. The number of hydrogen-bond acceptors (Lipinski definition) is 4. The van der Waals surface area contributed by atoms with Gasteiger partial charge in [-0.05, 0) is 51.0 Å². The van der Waals surface area contributed by atoms with E-state index in [2.05, 4.69) is 11.9 Å². The van der Waals surface area contributed by atoms with E-state index in [-0.39, 0.29) is 12.1 Å². The molecule has 5 heteroatoms. The summed E-state index contributed by atoms with van der Waals surface area (Å²) in [6.07, 6.45) is 3.66. The van der Waals surface area contributed by atoms with Crippen molar-refractivity contribution in [2.45, 2.75) is 45.3 Å². The summed E-state index contributed by atoms with van der Waals surface area (Å²) in [5, 5.41) is 5.75. The maximum Gasteiger partial charge on any atom is 0.408 e. The first-order valence-corrected chi connectivity index (χ1v) is 8.09. The number of rotatable bonds is 6. The summed E-state index contributed by atoms with van der Waals surface area (Å²) in [6, 6.07) is 1.97. The van der Waals surface area contributed by atoms with E-state index in [1.54, 1.807) is 6.08 Å². The molecule has 0 bridgehead atoms. The monoisotopic (exact) mass is 309 g/mol. The molecule has 1 unspecified atom stereocenters. The third-order valence-corrected chi connectivity index (χ3v) is 4.01. The molecule has 0 aliphatic heterocycles. The molecule has 1 aliphatic carbocycles. The Kier molecular flexibility index (Phi) is 4.93. The van der Waals surface area contributed by atoms with Gasteiger partial charge in [0.2, 0.25) is 0 Å². The zero-order valence-corrected chi connectivity index (χ0v) is 13.7. The first kappa shape index (κ1) is 15.9. The summed E-state index contributed by atoms with van der Waals surface area (Å²) in [7, 11) is 0. The minimum atomic E-state index is -0.483. The van der Waals surface area contributed by atoms with E-state index < -0.39 is 5.60 Å². The molecule has 1 aliphatic rings. The summed E-state index contributed by atoms with van der Waals surface area (Å²) in [5.41, 5.74) is 0.509. The van der Waals surface area contributed by atoms with Crippen LogP contribution in [-0.2, 0) is 4.74 Å². The number of nitrogens with one attached hydrogen (secondary N) is 1. The molecule has 1 fully saturated rings. The number of alkyl carbamates (subject to hydrolysis) is 1. The van der Waals surface area contributed by atoms with Crippen LogP contribution in [0.25, 0.3) is 6.08 Å². The Bertz CT molecular complexity index is 500. The first-order valence-electron chi connectivity index (χ1n) is 7.21. The third kappa shape index (κ3) is 5.08. The van der Waals surface area contributed by atoms with E-state index in [9.17, 15) is 4.79 Å². The van der Waals surface area contributed by atoms with Crippen LogP contribution < -0.4 is 10.1 Å². The van der Waals surface area contributed by atoms with Gasteiger partial charge < -0.3 is 14.8 Å². The molecule has 116 valence electrons. The molecule has 1 atom stereocenters. The molecule has 1 N–H and O–H groups in total. The van der Waals surface area contributed by atoms with E-state index in [4.69, 9.17) is 9.47 Å². The second kappa shape index (κ2) is 6.52. The summed E-state index contributed by atoms with van der Waals surface area (Å²) < 4.78 is 11.1. The van der Waals surface area contributed by atoms with Crippen molar-refractivity contribution in [1.29, 1.82) is 0 Å². The van der Waals surface area contributed by atoms with E-state index >= 15 is 0 Å². The van der Waals surface area contributed by atoms with Gasteiger partial charge in [-0.2, -0.15) is 0 Å². The van der Waals surface area contributed by atoms with E-state index in [1.807, 2.05) is 32.2 Å². The lowest BCUT2D eigenvalue weighted by Gasteiger charge is -2.23. The lowest BCUT2D eigenvalue weighted by molar-refractivity contribution is 0.0480. The van der Waals surface area contributed by atoms with Gasteiger partial charge in [-0.3, -0.25) is 0 Å². The molecule has 0 saturated heterocycles. The van der Waals surface area contributed by atoms with Crippen LogP contribution in [0, 0.1) is 5.92 Å². The molecular formula is C16H23NO3S. The number of carbonyl (C=O) groups is 1. The Labute approximate surface area is 130 Å². The third-order valence-electron chi connectivity index (χ3n) is 3.17. The Hall–Kier alpha value is -1.49. The predicted octanol–water partition coefficient (Wildman–Crippen LogP) is 4.07. The van der Waals surface area contributed by atoms with Crippen LogP contribution in [0.4, 0.5) is 4.79 Å². The zero-order valence-electron chi connectivity index (χ0n) is 12.8. The van der Waals surface area contributed by atoms with Gasteiger partial charge >= 0.3 is 6.09 Å². The molecule has 1 heterocycles. The molecule has 21 heavy (non-hydrogen) atoms. The van der Waals surface area contributed by atoms with Crippen LogP contribution in [-0.4, -0.2) is 24.3 Å². The van der Waals surface area contributed by atoms with Crippen LogP contribution >= 0.6 is 11.3 Å². The van der Waals surface area contributed by atoms with Crippen LogP contribution in [0.1, 0.15) is 39.2 Å². The smallest absolute Gasteiger partial charge is 0.408 e. The molecule has 1 aromatic rings. The van der Waals surface area contributed by atoms with Gasteiger partial charge in [-0.1, -0.05) is 12.7 Å². The number of hydrogen-bond donors (Lipinski definition) is 1. The highest BCUT2D eigenvalue weighted by Gasteiger charge is 2.34. The van der Waals surface area contributed by atoms with Gasteiger partial charge in [-0.25, -0.2) is 4.79 Å². The van der Waals surface area contributed by atoms with E-state index in [1.165, 1.54) is 11.3 Å². The Morgan fingerprint density at radius 1 is 1.57 bits per heavy atom. The molecule has 0 radical (unpaired) electrons. The molecule has 1 saturated carbocycles. The van der Waals surface area contributed by atoms with E-state index in [0.29, 0.717) is 12.5 Å². The van der Waals surface area contributed by atoms with Gasteiger partial charge in [0.25, 0.3) is 0 Å². The minimum absolute atomic E-state index is 0.000356. The highest BCUT2D eigenvalue weighted by Crippen LogP contribution is 2.34. The van der Waals surface area contributed by atoms with Crippen LogP contribution in [0.15, 0.2) is 18.0 Å². The number of ether oxygens (including phenoxy) is 2. The summed E-state index contributed by atoms with van der Waals surface area (Å²) in [4.78, 5) is 11.9. The van der Waals surface area contributed by atoms with Crippen molar-refractivity contribution >= 4 is 23.5 Å². The van der Waals surface area contributed by atoms with Crippen LogP contribution in [0.3, 0.4) is 0 Å². The van der Waals surface area contributed by atoms with Gasteiger partial charge in [0.1, 0.15) is 12.2 Å². The van der Waals surface area contributed by atoms with Crippen molar-refractivity contribution in [3.63, 3.8) is 0 Å². The summed E-state index contributed by atoms with van der Waals surface area (Å²) in [5.74, 6) is 0.490. The standard InChI is InChI=1S/C16H23NO3S/c1-5-11-8-9-21-14(11)19-10-13(12-6-7-12)17-15(18)20-16(2,3)4/h5,8-9,12-13H,1,6-7,10H2,2-4H3,(H,17,18).